The van der Waals surface area contributed by atoms with Crippen LogP contribution in [0.4, 0.5) is 9.18 Å². The fourth-order valence-corrected chi connectivity index (χ4v) is 3.84. The lowest BCUT2D eigenvalue weighted by Crippen LogP contribution is -2.42. The number of benzene rings is 1. The number of aromatic nitrogens is 2. The second-order valence-electron chi connectivity index (χ2n) is 7.70. The fraction of sp³-hybridized carbons (Fsp3) is 0.500. The molecule has 32 heavy (non-hydrogen) atoms. The van der Waals surface area contributed by atoms with Gasteiger partial charge in [-0.15, -0.1) is 0 Å². The second-order valence-corrected chi connectivity index (χ2v) is 9.08. The molecule has 1 atom stereocenters. The molecular weight excluding hydrogens is 437 g/mol. The number of nitrogens with zero attached hydrogens (tertiary/aromatic N) is 3. The third-order valence-electron chi connectivity index (χ3n) is 4.98. The summed E-state index contributed by atoms with van der Waals surface area (Å²) < 4.78 is 43.0. The molecule has 10 heteroatoms. The number of halogens is 1. The van der Waals surface area contributed by atoms with E-state index in [1.165, 1.54) is 24.7 Å². The summed E-state index contributed by atoms with van der Waals surface area (Å²) in [6.45, 7) is 6.60. The number of likely N-dealkylation sites (tertiary alicyclic amines) is 1. The van der Waals surface area contributed by atoms with Crippen LogP contribution in [0.25, 0.3) is 0 Å². The zero-order valence-corrected chi connectivity index (χ0v) is 19.5. The van der Waals surface area contributed by atoms with Crippen molar-refractivity contribution in [2.75, 3.05) is 19.3 Å². The van der Waals surface area contributed by atoms with E-state index in [1.54, 1.807) is 11.0 Å². The van der Waals surface area contributed by atoms with Gasteiger partial charge < -0.3 is 19.1 Å². The van der Waals surface area contributed by atoms with Crippen LogP contribution in [0.2, 0.25) is 0 Å². The quantitative estimate of drug-likeness (QED) is 0.608. The first-order valence-electron chi connectivity index (χ1n) is 10.5. The molecular formula is C22H28FN3O5S. The maximum atomic E-state index is 14.4. The van der Waals surface area contributed by atoms with E-state index >= 15 is 0 Å². The van der Waals surface area contributed by atoms with Crippen molar-refractivity contribution in [1.29, 1.82) is 0 Å². The van der Waals surface area contributed by atoms with Gasteiger partial charge in [0.05, 0.1) is 11.7 Å². The molecule has 3 rings (SSSR count). The molecule has 0 aliphatic carbocycles. The summed E-state index contributed by atoms with van der Waals surface area (Å²) in [6.07, 6.45) is 3.99. The summed E-state index contributed by atoms with van der Waals surface area (Å²) in [7, 11) is -1.29. The highest BCUT2D eigenvalue weighted by atomic mass is 32.2. The Morgan fingerprint density at radius 2 is 1.94 bits per heavy atom. The van der Waals surface area contributed by atoms with Gasteiger partial charge in [0.2, 0.25) is 11.8 Å². The molecule has 1 aliphatic rings. The van der Waals surface area contributed by atoms with Crippen LogP contribution >= 0.6 is 0 Å². The van der Waals surface area contributed by atoms with Gasteiger partial charge in [-0.25, -0.2) is 19.2 Å². The summed E-state index contributed by atoms with van der Waals surface area (Å²) in [5, 5.41) is 0. The Bertz CT molecular complexity index is 980. The summed E-state index contributed by atoms with van der Waals surface area (Å²) in [4.78, 5) is 22.5. The van der Waals surface area contributed by atoms with Crippen molar-refractivity contribution >= 4 is 16.9 Å². The van der Waals surface area contributed by atoms with Gasteiger partial charge in [-0.2, -0.15) is 0 Å². The van der Waals surface area contributed by atoms with Crippen LogP contribution in [-0.4, -0.2) is 56.7 Å². The summed E-state index contributed by atoms with van der Waals surface area (Å²) in [5.41, 5.74) is 0.622. The average molecular weight is 466 g/mol. The highest BCUT2D eigenvalue weighted by molar-refractivity contribution is 7.84. The molecule has 1 aromatic heterocycles. The number of hydrogen-bond donors (Lipinski definition) is 0. The van der Waals surface area contributed by atoms with Crippen molar-refractivity contribution in [2.24, 2.45) is 0 Å². The normalized spacial score (nSPS) is 15.5. The van der Waals surface area contributed by atoms with E-state index < -0.39 is 16.6 Å². The molecule has 1 aromatic carbocycles. The largest absolute Gasteiger partial charge is 0.474 e. The minimum absolute atomic E-state index is 0.0180. The van der Waals surface area contributed by atoms with Gasteiger partial charge in [0.1, 0.15) is 12.4 Å². The van der Waals surface area contributed by atoms with Crippen LogP contribution in [-0.2, 0) is 22.0 Å². The van der Waals surface area contributed by atoms with Gasteiger partial charge in [0, 0.05) is 47.9 Å². The van der Waals surface area contributed by atoms with Crippen LogP contribution in [0.5, 0.6) is 17.5 Å². The van der Waals surface area contributed by atoms with Gasteiger partial charge in [-0.1, -0.05) is 6.92 Å². The Morgan fingerprint density at radius 3 is 2.53 bits per heavy atom. The molecule has 0 N–H and O–H groups in total. The van der Waals surface area contributed by atoms with Gasteiger partial charge >= 0.3 is 6.09 Å². The minimum atomic E-state index is -1.29. The maximum Gasteiger partial charge on any atom is 0.410 e. The molecule has 0 spiro atoms. The zero-order chi connectivity index (χ0) is 23.3. The summed E-state index contributed by atoms with van der Waals surface area (Å²) in [6, 6.07) is 4.17. The second kappa shape index (κ2) is 10.7. The van der Waals surface area contributed by atoms with Gasteiger partial charge in [-0.05, 0) is 38.5 Å². The van der Waals surface area contributed by atoms with E-state index in [0.29, 0.717) is 48.7 Å². The summed E-state index contributed by atoms with van der Waals surface area (Å²) in [5.74, 6) is -0.0517. The first-order valence-corrected chi connectivity index (χ1v) is 12.1. The highest BCUT2D eigenvalue weighted by Gasteiger charge is 2.27. The monoisotopic (exact) mass is 465 g/mol. The molecule has 0 radical (unpaired) electrons. The van der Waals surface area contributed by atoms with Crippen molar-refractivity contribution in [3.63, 3.8) is 0 Å². The molecule has 1 saturated heterocycles. The van der Waals surface area contributed by atoms with Crippen molar-refractivity contribution in [3.8, 4) is 17.5 Å². The van der Waals surface area contributed by atoms with Crippen molar-refractivity contribution < 1.29 is 27.6 Å². The molecule has 2 heterocycles. The number of ether oxygens (including phenoxy) is 3. The molecule has 0 saturated carbocycles. The number of piperidine rings is 1. The molecule has 1 aliphatic heterocycles. The van der Waals surface area contributed by atoms with E-state index in [2.05, 4.69) is 9.97 Å². The number of carbonyl (C=O) groups is 1. The summed E-state index contributed by atoms with van der Waals surface area (Å²) >= 11 is 0. The Balaban J connectivity index is 1.69. The van der Waals surface area contributed by atoms with E-state index in [9.17, 15) is 13.4 Å². The first kappa shape index (κ1) is 23.9. The third-order valence-corrected chi connectivity index (χ3v) is 5.89. The predicted molar refractivity (Wildman–Crippen MR) is 117 cm³/mol. The smallest absolute Gasteiger partial charge is 0.410 e. The SMILES string of the molecule is CCc1c(Oc2ccc(S(C)=O)cc2F)ncnc1OC1CCN(C(=O)OC(C)C)CC1. The van der Waals surface area contributed by atoms with Crippen LogP contribution in [0, 0.1) is 5.82 Å². The fourth-order valence-electron chi connectivity index (χ4n) is 3.31. The van der Waals surface area contributed by atoms with Crippen molar-refractivity contribution in [1.82, 2.24) is 14.9 Å². The number of rotatable bonds is 7. The lowest BCUT2D eigenvalue weighted by atomic mass is 10.1. The lowest BCUT2D eigenvalue weighted by molar-refractivity contribution is 0.0504. The number of hydrogen-bond acceptors (Lipinski definition) is 7. The molecule has 1 unspecified atom stereocenters. The Labute approximate surface area is 189 Å². The van der Waals surface area contributed by atoms with E-state index in [1.807, 2.05) is 20.8 Å². The lowest BCUT2D eigenvalue weighted by Gasteiger charge is -2.32. The number of amides is 1. The Hall–Kier alpha value is -2.75. The van der Waals surface area contributed by atoms with Gasteiger partial charge in [0.15, 0.2) is 11.6 Å². The van der Waals surface area contributed by atoms with Gasteiger partial charge in [0.25, 0.3) is 0 Å². The van der Waals surface area contributed by atoms with Crippen LogP contribution in [0.3, 0.4) is 0 Å². The average Bonchev–Trinajstić information content (AvgIpc) is 2.75. The minimum Gasteiger partial charge on any atom is -0.474 e. The van der Waals surface area contributed by atoms with Crippen molar-refractivity contribution in [3.05, 3.63) is 35.9 Å². The third kappa shape index (κ3) is 5.93. The van der Waals surface area contributed by atoms with Crippen LogP contribution in [0.1, 0.15) is 39.2 Å². The van der Waals surface area contributed by atoms with E-state index in [0.717, 1.165) is 0 Å². The Kier molecular flexibility index (Phi) is 8.00. The van der Waals surface area contributed by atoms with Gasteiger partial charge in [-0.3, -0.25) is 4.21 Å². The topological polar surface area (TPSA) is 90.9 Å². The molecule has 0 bridgehead atoms. The first-order chi connectivity index (χ1) is 15.3. The zero-order valence-electron chi connectivity index (χ0n) is 18.7. The van der Waals surface area contributed by atoms with E-state index in [-0.39, 0.29) is 29.9 Å². The Morgan fingerprint density at radius 1 is 1.25 bits per heavy atom. The predicted octanol–water partition coefficient (Wildman–Crippen LogP) is 4.10. The van der Waals surface area contributed by atoms with E-state index in [4.69, 9.17) is 14.2 Å². The van der Waals surface area contributed by atoms with Crippen LogP contribution in [0.15, 0.2) is 29.4 Å². The molecule has 1 fully saturated rings. The molecule has 8 nitrogen and oxygen atoms in total. The van der Waals surface area contributed by atoms with Crippen molar-refractivity contribution in [2.45, 2.75) is 57.1 Å². The number of carbonyl (C=O) groups excluding carboxylic acids is 1. The molecule has 1 amide bonds. The molecule has 174 valence electrons. The standard InChI is InChI=1S/C22H28FN3O5S/c1-5-17-20(30-15-8-10-26(11-9-15)22(27)29-14(2)3)24-13-25-21(17)31-19-7-6-16(32(4)28)12-18(19)23/h6-7,12-15H,5,8-11H2,1-4H3. The highest BCUT2D eigenvalue weighted by Crippen LogP contribution is 2.32. The maximum absolute atomic E-state index is 14.4. The van der Waals surface area contributed by atoms with Crippen LogP contribution < -0.4 is 9.47 Å². The molecule has 2 aromatic rings.